The van der Waals surface area contributed by atoms with Crippen molar-refractivity contribution < 1.29 is 9.47 Å². The highest BCUT2D eigenvalue weighted by atomic mass is 32.2. The number of nitrogens with one attached hydrogen (secondary N) is 1. The first-order valence-corrected chi connectivity index (χ1v) is 7.24. The molecule has 0 amide bonds. The van der Waals surface area contributed by atoms with Gasteiger partial charge in [0.1, 0.15) is 5.75 Å². The number of para-hydroxylation sites is 1. The minimum absolute atomic E-state index is 0.247. The van der Waals surface area contributed by atoms with E-state index >= 15 is 0 Å². The lowest BCUT2D eigenvalue weighted by molar-refractivity contribution is 0.288. The molecule has 0 radical (unpaired) electrons. The van der Waals surface area contributed by atoms with Crippen LogP contribution in [0.25, 0.3) is 0 Å². The molecule has 8 heteroatoms. The number of ether oxygens (including phenoxy) is 2. The molecular formula is C13H17N5O2S. The molecule has 0 saturated heterocycles. The first-order valence-electron chi connectivity index (χ1n) is 6.43. The Kier molecular flexibility index (Phi) is 5.59. The largest absolute Gasteiger partial charge is 0.496 e. The monoisotopic (exact) mass is 307 g/mol. The molecule has 2 rings (SSSR count). The zero-order valence-corrected chi connectivity index (χ0v) is 12.7. The van der Waals surface area contributed by atoms with E-state index in [9.17, 15) is 0 Å². The van der Waals surface area contributed by atoms with Crippen molar-refractivity contribution in [3.8, 4) is 11.8 Å². The van der Waals surface area contributed by atoms with Gasteiger partial charge in [0.2, 0.25) is 11.1 Å². The SMILES string of the molecule is CCCOc1nc(NN)nc(Sc2ccccc2OC)n1. The minimum Gasteiger partial charge on any atom is -0.496 e. The Labute approximate surface area is 127 Å². The predicted octanol–water partition coefficient (Wildman–Crippen LogP) is 2.11. The smallest absolute Gasteiger partial charge is 0.322 e. The van der Waals surface area contributed by atoms with Gasteiger partial charge in [-0.2, -0.15) is 15.0 Å². The van der Waals surface area contributed by atoms with E-state index in [4.69, 9.17) is 15.3 Å². The van der Waals surface area contributed by atoms with Crippen LogP contribution >= 0.6 is 11.8 Å². The Bertz CT molecular complexity index is 597. The van der Waals surface area contributed by atoms with E-state index in [0.717, 1.165) is 17.1 Å². The zero-order valence-electron chi connectivity index (χ0n) is 11.9. The molecule has 1 aromatic carbocycles. The number of aromatic nitrogens is 3. The van der Waals surface area contributed by atoms with Crippen LogP contribution in [0, 0.1) is 0 Å². The van der Waals surface area contributed by atoms with Crippen molar-refractivity contribution in [1.29, 1.82) is 0 Å². The van der Waals surface area contributed by atoms with Crippen molar-refractivity contribution in [3.63, 3.8) is 0 Å². The van der Waals surface area contributed by atoms with Crippen LogP contribution in [-0.2, 0) is 0 Å². The Morgan fingerprint density at radius 1 is 1.24 bits per heavy atom. The van der Waals surface area contributed by atoms with E-state index in [1.165, 1.54) is 11.8 Å². The summed E-state index contributed by atoms with van der Waals surface area (Å²) >= 11 is 1.35. The molecule has 7 nitrogen and oxygen atoms in total. The van der Waals surface area contributed by atoms with Crippen molar-refractivity contribution in [2.75, 3.05) is 19.1 Å². The highest BCUT2D eigenvalue weighted by Gasteiger charge is 2.11. The molecule has 1 heterocycles. The lowest BCUT2D eigenvalue weighted by atomic mass is 10.3. The molecule has 3 N–H and O–H groups in total. The van der Waals surface area contributed by atoms with Gasteiger partial charge in [-0.15, -0.1) is 0 Å². The van der Waals surface area contributed by atoms with Crippen molar-refractivity contribution in [3.05, 3.63) is 24.3 Å². The third kappa shape index (κ3) is 4.20. The normalized spacial score (nSPS) is 10.2. The van der Waals surface area contributed by atoms with E-state index in [1.54, 1.807) is 7.11 Å². The summed E-state index contributed by atoms with van der Waals surface area (Å²) in [5.74, 6) is 6.38. The van der Waals surface area contributed by atoms with Gasteiger partial charge in [0.05, 0.1) is 18.6 Å². The fraction of sp³-hybridized carbons (Fsp3) is 0.308. The highest BCUT2D eigenvalue weighted by Crippen LogP contribution is 2.33. The molecular weight excluding hydrogens is 290 g/mol. The van der Waals surface area contributed by atoms with Crippen LogP contribution < -0.4 is 20.7 Å². The van der Waals surface area contributed by atoms with Gasteiger partial charge in [0.15, 0.2) is 0 Å². The standard InChI is InChI=1S/C13H17N5O2S/c1-3-8-20-12-15-11(18-14)16-13(17-12)21-10-7-5-4-6-9(10)19-2/h4-7H,3,8,14H2,1-2H3,(H,15,16,17,18). The number of hydrazine groups is 1. The number of nitrogens with zero attached hydrogens (tertiary/aromatic N) is 3. The maximum atomic E-state index is 5.43. The molecule has 0 bridgehead atoms. The van der Waals surface area contributed by atoms with Crippen molar-refractivity contribution in [2.45, 2.75) is 23.4 Å². The molecule has 112 valence electrons. The summed E-state index contributed by atoms with van der Waals surface area (Å²) in [4.78, 5) is 13.4. The second kappa shape index (κ2) is 7.65. The third-order valence-corrected chi connectivity index (χ3v) is 3.35. The predicted molar refractivity (Wildman–Crippen MR) is 80.5 cm³/mol. The molecule has 1 aromatic heterocycles. The van der Waals surface area contributed by atoms with Crippen LogP contribution in [0.4, 0.5) is 5.95 Å². The van der Waals surface area contributed by atoms with Gasteiger partial charge in [-0.05, 0) is 30.3 Å². The second-order valence-corrected chi connectivity index (χ2v) is 4.98. The molecule has 0 spiro atoms. The quantitative estimate of drug-likeness (QED) is 0.593. The van der Waals surface area contributed by atoms with Gasteiger partial charge in [0.25, 0.3) is 0 Å². The minimum atomic E-state index is 0.247. The number of nitrogens with two attached hydrogens (primary N) is 1. The Morgan fingerprint density at radius 2 is 2.05 bits per heavy atom. The number of methoxy groups -OCH3 is 1. The lowest BCUT2D eigenvalue weighted by Gasteiger charge is -2.09. The second-order valence-electron chi connectivity index (χ2n) is 3.97. The fourth-order valence-corrected chi connectivity index (χ4v) is 2.36. The molecule has 0 unspecified atom stereocenters. The Balaban J connectivity index is 2.25. The van der Waals surface area contributed by atoms with Crippen LogP contribution in [0.1, 0.15) is 13.3 Å². The summed E-state index contributed by atoms with van der Waals surface area (Å²) in [7, 11) is 1.62. The summed E-state index contributed by atoms with van der Waals surface area (Å²) in [6.07, 6.45) is 0.867. The molecule has 0 fully saturated rings. The first-order chi connectivity index (χ1) is 10.3. The van der Waals surface area contributed by atoms with Crippen LogP contribution in [0.3, 0.4) is 0 Å². The van der Waals surface area contributed by atoms with E-state index in [2.05, 4.69) is 20.4 Å². The molecule has 0 atom stereocenters. The summed E-state index contributed by atoms with van der Waals surface area (Å²) in [6.45, 7) is 2.54. The summed E-state index contributed by atoms with van der Waals surface area (Å²) in [5, 5.41) is 0.480. The van der Waals surface area contributed by atoms with Gasteiger partial charge < -0.3 is 9.47 Å². The van der Waals surface area contributed by atoms with E-state index in [-0.39, 0.29) is 12.0 Å². The number of anilines is 1. The van der Waals surface area contributed by atoms with E-state index in [1.807, 2.05) is 31.2 Å². The van der Waals surface area contributed by atoms with Crippen LogP contribution in [0.15, 0.2) is 34.3 Å². The number of nitrogen functional groups attached to an aromatic ring is 1. The molecule has 21 heavy (non-hydrogen) atoms. The zero-order chi connectivity index (χ0) is 15.1. The van der Waals surface area contributed by atoms with Crippen molar-refractivity contribution in [2.24, 2.45) is 5.84 Å². The van der Waals surface area contributed by atoms with Gasteiger partial charge in [-0.1, -0.05) is 19.1 Å². The van der Waals surface area contributed by atoms with Gasteiger partial charge in [-0.25, -0.2) is 5.84 Å². The number of benzene rings is 1. The molecule has 2 aromatic rings. The van der Waals surface area contributed by atoms with Crippen LogP contribution in [0.5, 0.6) is 11.8 Å². The average Bonchev–Trinajstić information content (AvgIpc) is 2.53. The fourth-order valence-electron chi connectivity index (χ4n) is 1.51. The van der Waals surface area contributed by atoms with Crippen molar-refractivity contribution in [1.82, 2.24) is 15.0 Å². The van der Waals surface area contributed by atoms with Gasteiger partial charge in [-0.3, -0.25) is 5.43 Å². The molecule has 0 aliphatic heterocycles. The number of hydrogen-bond acceptors (Lipinski definition) is 8. The van der Waals surface area contributed by atoms with Crippen molar-refractivity contribution >= 4 is 17.7 Å². The van der Waals surface area contributed by atoms with Crippen LogP contribution in [-0.4, -0.2) is 28.7 Å². The Hall–Kier alpha value is -2.06. The van der Waals surface area contributed by atoms with Crippen LogP contribution in [0.2, 0.25) is 0 Å². The van der Waals surface area contributed by atoms with Gasteiger partial charge >= 0.3 is 6.01 Å². The number of rotatable bonds is 7. The first kappa shape index (κ1) is 15.3. The maximum absolute atomic E-state index is 5.43. The van der Waals surface area contributed by atoms with E-state index < -0.39 is 0 Å². The van der Waals surface area contributed by atoms with Gasteiger partial charge in [0, 0.05) is 0 Å². The van der Waals surface area contributed by atoms with E-state index in [0.29, 0.717) is 11.8 Å². The average molecular weight is 307 g/mol. The number of hydrogen-bond donors (Lipinski definition) is 2. The summed E-state index contributed by atoms with van der Waals surface area (Å²) < 4.78 is 10.7. The maximum Gasteiger partial charge on any atom is 0.322 e. The Morgan fingerprint density at radius 3 is 2.76 bits per heavy atom. The molecule has 0 saturated carbocycles. The highest BCUT2D eigenvalue weighted by molar-refractivity contribution is 7.99. The summed E-state index contributed by atoms with van der Waals surface area (Å²) in [6, 6.07) is 7.87. The lowest BCUT2D eigenvalue weighted by Crippen LogP contribution is -2.13. The topological polar surface area (TPSA) is 95.2 Å². The molecule has 0 aliphatic carbocycles. The molecule has 0 aliphatic rings. The summed E-state index contributed by atoms with van der Waals surface area (Å²) in [5.41, 5.74) is 2.41. The third-order valence-electron chi connectivity index (χ3n) is 2.43.